The minimum absolute atomic E-state index is 0.162. The largest absolute Gasteiger partial charge is 0.487 e. The molecule has 1 heterocycles. The van der Waals surface area contributed by atoms with E-state index < -0.39 is 17.8 Å². The first-order valence-electron chi connectivity index (χ1n) is 11.1. The monoisotopic (exact) mass is 488 g/mol. The topological polar surface area (TPSA) is 75.7 Å². The quantitative estimate of drug-likeness (QED) is 0.362. The smallest absolute Gasteiger partial charge is 0.335 e. The fourth-order valence-electron chi connectivity index (χ4n) is 3.78. The Morgan fingerprint density at radius 2 is 1.63 bits per heavy atom. The van der Waals surface area contributed by atoms with Gasteiger partial charge in [-0.2, -0.15) is 0 Å². The summed E-state index contributed by atoms with van der Waals surface area (Å²) in [5.74, 6) is -0.968. The lowest BCUT2D eigenvalue weighted by Gasteiger charge is -2.27. The number of halogens is 1. The molecule has 0 bridgehead atoms. The number of barbiturate groups is 1. The molecule has 1 N–H and O–H groups in total. The van der Waals surface area contributed by atoms with Gasteiger partial charge in [-0.05, 0) is 85.4 Å². The number of aryl methyl sites for hydroxylation is 4. The van der Waals surface area contributed by atoms with Gasteiger partial charge >= 0.3 is 6.03 Å². The lowest BCUT2D eigenvalue weighted by Crippen LogP contribution is -2.54. The molecule has 35 heavy (non-hydrogen) atoms. The van der Waals surface area contributed by atoms with Crippen molar-refractivity contribution in [1.29, 1.82) is 0 Å². The van der Waals surface area contributed by atoms with Crippen LogP contribution in [0.5, 0.6) is 5.75 Å². The number of hydrogen-bond donors (Lipinski definition) is 1. The van der Waals surface area contributed by atoms with Gasteiger partial charge in [0.15, 0.2) is 0 Å². The van der Waals surface area contributed by atoms with Crippen molar-refractivity contribution in [2.75, 3.05) is 4.90 Å². The van der Waals surface area contributed by atoms with Gasteiger partial charge in [0.1, 0.15) is 17.9 Å². The Morgan fingerprint density at radius 1 is 0.886 bits per heavy atom. The van der Waals surface area contributed by atoms with Crippen LogP contribution in [0.2, 0.25) is 5.02 Å². The number of anilines is 1. The van der Waals surface area contributed by atoms with Crippen LogP contribution in [-0.2, 0) is 16.2 Å². The Hall–Kier alpha value is -3.90. The average molecular weight is 489 g/mol. The third-order valence-corrected chi connectivity index (χ3v) is 6.24. The maximum Gasteiger partial charge on any atom is 0.335 e. The van der Waals surface area contributed by atoms with Crippen LogP contribution in [0.15, 0.2) is 60.2 Å². The molecule has 0 unspecified atom stereocenters. The summed E-state index contributed by atoms with van der Waals surface area (Å²) in [5.41, 5.74) is 5.84. The molecular weight excluding hydrogens is 464 g/mol. The molecule has 1 aliphatic heterocycles. The average Bonchev–Trinajstić information content (AvgIpc) is 2.80. The summed E-state index contributed by atoms with van der Waals surface area (Å²) in [6.45, 7) is 8.12. The molecule has 1 aliphatic rings. The van der Waals surface area contributed by atoms with Crippen molar-refractivity contribution in [2.24, 2.45) is 0 Å². The second-order valence-corrected chi connectivity index (χ2v) is 9.05. The number of benzene rings is 3. The van der Waals surface area contributed by atoms with Crippen molar-refractivity contribution in [3.8, 4) is 5.75 Å². The van der Waals surface area contributed by atoms with Crippen molar-refractivity contribution in [1.82, 2.24) is 5.32 Å². The number of imide groups is 2. The van der Waals surface area contributed by atoms with Crippen molar-refractivity contribution < 1.29 is 19.1 Å². The highest BCUT2D eigenvalue weighted by Crippen LogP contribution is 2.29. The SMILES string of the molecule is Cc1ccc(C)c(N2C(=O)NC(=O)/C(=C\c3ccc(OCc4ccc(C)c(C)c4)c(Cl)c3)C2=O)c1. The van der Waals surface area contributed by atoms with E-state index in [0.29, 0.717) is 28.6 Å². The third-order valence-electron chi connectivity index (χ3n) is 5.94. The second kappa shape index (κ2) is 9.76. The number of nitrogens with zero attached hydrogens (tertiary/aromatic N) is 1. The van der Waals surface area contributed by atoms with E-state index in [-0.39, 0.29) is 5.57 Å². The van der Waals surface area contributed by atoms with Crippen LogP contribution < -0.4 is 15.0 Å². The number of ether oxygens (including phenoxy) is 1. The summed E-state index contributed by atoms with van der Waals surface area (Å²) in [6, 6.07) is 15.8. The number of urea groups is 1. The molecule has 1 fully saturated rings. The molecule has 3 aromatic rings. The second-order valence-electron chi connectivity index (χ2n) is 8.64. The minimum atomic E-state index is -0.779. The fraction of sp³-hybridized carbons (Fsp3) is 0.179. The minimum Gasteiger partial charge on any atom is -0.487 e. The molecule has 0 aliphatic carbocycles. The van der Waals surface area contributed by atoms with Gasteiger partial charge in [-0.15, -0.1) is 0 Å². The van der Waals surface area contributed by atoms with Crippen molar-refractivity contribution in [3.63, 3.8) is 0 Å². The number of hydrogen-bond acceptors (Lipinski definition) is 4. The van der Waals surface area contributed by atoms with Gasteiger partial charge in [0, 0.05) is 0 Å². The van der Waals surface area contributed by atoms with E-state index in [0.717, 1.165) is 21.6 Å². The molecule has 4 amide bonds. The molecular formula is C28H25ClN2O4. The Balaban J connectivity index is 1.58. The Morgan fingerprint density at radius 3 is 2.34 bits per heavy atom. The van der Waals surface area contributed by atoms with Crippen LogP contribution in [-0.4, -0.2) is 17.8 Å². The maximum absolute atomic E-state index is 13.2. The number of carbonyl (C=O) groups is 3. The summed E-state index contributed by atoms with van der Waals surface area (Å²) in [5, 5.41) is 2.59. The first-order chi connectivity index (χ1) is 16.6. The van der Waals surface area contributed by atoms with E-state index in [1.807, 2.05) is 38.1 Å². The molecule has 0 radical (unpaired) electrons. The molecule has 6 nitrogen and oxygen atoms in total. The van der Waals surface area contributed by atoms with E-state index in [1.54, 1.807) is 31.2 Å². The lowest BCUT2D eigenvalue weighted by atomic mass is 10.0. The van der Waals surface area contributed by atoms with Crippen LogP contribution in [0.25, 0.3) is 6.08 Å². The predicted molar refractivity (Wildman–Crippen MR) is 137 cm³/mol. The highest BCUT2D eigenvalue weighted by atomic mass is 35.5. The van der Waals surface area contributed by atoms with Gasteiger partial charge in [0.05, 0.1) is 10.7 Å². The highest BCUT2D eigenvalue weighted by molar-refractivity contribution is 6.39. The zero-order valence-electron chi connectivity index (χ0n) is 19.9. The van der Waals surface area contributed by atoms with Crippen molar-refractivity contribution in [2.45, 2.75) is 34.3 Å². The molecule has 0 saturated carbocycles. The first-order valence-corrected chi connectivity index (χ1v) is 11.5. The van der Waals surface area contributed by atoms with Gasteiger partial charge in [0.2, 0.25) is 0 Å². The van der Waals surface area contributed by atoms with Crippen LogP contribution in [0.3, 0.4) is 0 Å². The zero-order valence-corrected chi connectivity index (χ0v) is 20.7. The maximum atomic E-state index is 13.2. The van der Waals surface area contributed by atoms with Gasteiger partial charge in [0.25, 0.3) is 11.8 Å². The standard InChI is InChI=1S/C28H25ClN2O4/c1-16-5-6-18(3)24(11-16)31-27(33)22(26(32)30-28(31)34)13-20-9-10-25(23(29)14-20)35-15-21-8-7-17(2)19(4)12-21/h5-14H,15H2,1-4H3,(H,30,32,34)/b22-13+. The molecule has 7 heteroatoms. The summed E-state index contributed by atoms with van der Waals surface area (Å²) in [7, 11) is 0. The van der Waals surface area contributed by atoms with E-state index >= 15 is 0 Å². The molecule has 0 aromatic heterocycles. The molecule has 0 spiro atoms. The van der Waals surface area contributed by atoms with Gasteiger partial charge in [-0.25, -0.2) is 9.69 Å². The van der Waals surface area contributed by atoms with Crippen LogP contribution in [0.1, 0.15) is 33.4 Å². The zero-order chi connectivity index (χ0) is 25.3. The molecule has 0 atom stereocenters. The lowest BCUT2D eigenvalue weighted by molar-refractivity contribution is -0.122. The Bertz CT molecular complexity index is 1390. The first kappa shape index (κ1) is 24.2. The number of rotatable bonds is 5. The Labute approximate surface area is 209 Å². The van der Waals surface area contributed by atoms with E-state index in [9.17, 15) is 14.4 Å². The third kappa shape index (κ3) is 5.12. The van der Waals surface area contributed by atoms with Crippen LogP contribution in [0, 0.1) is 27.7 Å². The summed E-state index contributed by atoms with van der Waals surface area (Å²) >= 11 is 6.42. The molecule has 178 valence electrons. The van der Waals surface area contributed by atoms with Gasteiger partial charge in [-0.1, -0.05) is 48.0 Å². The highest BCUT2D eigenvalue weighted by Gasteiger charge is 2.37. The summed E-state index contributed by atoms with van der Waals surface area (Å²) in [6.07, 6.45) is 1.42. The number of amides is 4. The van der Waals surface area contributed by atoms with Gasteiger partial charge < -0.3 is 4.74 Å². The molecule has 1 saturated heterocycles. The fourth-order valence-corrected chi connectivity index (χ4v) is 4.03. The Kier molecular flexibility index (Phi) is 6.76. The summed E-state index contributed by atoms with van der Waals surface area (Å²) < 4.78 is 5.87. The van der Waals surface area contributed by atoms with E-state index in [2.05, 4.69) is 18.3 Å². The predicted octanol–water partition coefficient (Wildman–Crippen LogP) is 5.82. The van der Waals surface area contributed by atoms with E-state index in [4.69, 9.17) is 16.3 Å². The van der Waals surface area contributed by atoms with Crippen LogP contribution >= 0.6 is 11.6 Å². The molecule has 4 rings (SSSR count). The van der Waals surface area contributed by atoms with E-state index in [1.165, 1.54) is 17.2 Å². The summed E-state index contributed by atoms with van der Waals surface area (Å²) in [4.78, 5) is 39.2. The number of nitrogens with one attached hydrogen (secondary N) is 1. The van der Waals surface area contributed by atoms with Crippen LogP contribution in [0.4, 0.5) is 10.5 Å². The molecule has 3 aromatic carbocycles. The normalized spacial score (nSPS) is 14.9. The van der Waals surface area contributed by atoms with Crippen molar-refractivity contribution in [3.05, 3.63) is 98.6 Å². The van der Waals surface area contributed by atoms with Crippen molar-refractivity contribution >= 4 is 41.2 Å². The van der Waals surface area contributed by atoms with Gasteiger partial charge in [-0.3, -0.25) is 14.9 Å². The number of carbonyl (C=O) groups excluding carboxylic acids is 3.